The second-order valence-electron chi connectivity index (χ2n) is 4.91. The molecule has 1 amide bonds. The third kappa shape index (κ3) is 5.46. The molecule has 0 aromatic rings. The molecule has 1 N–H and O–H groups in total. The Labute approximate surface area is 95.9 Å². The molecule has 1 atom stereocenters. The Hall–Kier alpha value is -1.42. The number of azide groups is 1. The van der Waals surface area contributed by atoms with Gasteiger partial charge < -0.3 is 10.0 Å². The van der Waals surface area contributed by atoms with E-state index in [0.717, 1.165) is 0 Å². The Balaban J connectivity index is 4.23. The van der Waals surface area contributed by atoms with Crippen molar-refractivity contribution >= 4 is 6.09 Å². The number of rotatable bonds is 5. The number of hydrogen-bond acceptors (Lipinski definition) is 2. The van der Waals surface area contributed by atoms with Crippen LogP contribution in [-0.2, 0) is 0 Å². The molecule has 0 heterocycles. The molecule has 0 saturated heterocycles. The van der Waals surface area contributed by atoms with Crippen LogP contribution in [0.3, 0.4) is 0 Å². The average molecular weight is 228 g/mol. The standard InChI is InChI=1S/C10H20N4O2/c1-8(7-12-13-11)5-6-14(9(15)16)10(2,3)4/h8H,5-7H2,1-4H3,(H,15,16). The van der Waals surface area contributed by atoms with Gasteiger partial charge in [0.2, 0.25) is 0 Å². The van der Waals surface area contributed by atoms with E-state index in [0.29, 0.717) is 19.5 Å². The lowest BCUT2D eigenvalue weighted by Gasteiger charge is -2.33. The molecule has 0 aliphatic carbocycles. The molecule has 0 rings (SSSR count). The normalized spacial score (nSPS) is 12.8. The van der Waals surface area contributed by atoms with E-state index in [2.05, 4.69) is 10.0 Å². The first-order valence-electron chi connectivity index (χ1n) is 5.30. The molecule has 0 aromatic carbocycles. The van der Waals surface area contributed by atoms with Crippen molar-refractivity contribution in [3.63, 3.8) is 0 Å². The molecule has 0 spiro atoms. The Kier molecular flexibility index (Phi) is 5.67. The van der Waals surface area contributed by atoms with Gasteiger partial charge in [0.05, 0.1) is 0 Å². The van der Waals surface area contributed by atoms with Gasteiger partial charge in [0.1, 0.15) is 0 Å². The van der Waals surface area contributed by atoms with Crippen LogP contribution >= 0.6 is 0 Å². The number of carboxylic acid groups (broad SMARTS) is 1. The van der Waals surface area contributed by atoms with Crippen LogP contribution < -0.4 is 0 Å². The maximum atomic E-state index is 11.0. The SMILES string of the molecule is CC(CCN(C(=O)O)C(C)(C)C)CN=[N+]=[N-]. The highest BCUT2D eigenvalue weighted by Gasteiger charge is 2.25. The van der Waals surface area contributed by atoms with Crippen molar-refractivity contribution in [2.75, 3.05) is 13.1 Å². The van der Waals surface area contributed by atoms with Crippen molar-refractivity contribution in [2.24, 2.45) is 11.0 Å². The van der Waals surface area contributed by atoms with Crippen molar-refractivity contribution < 1.29 is 9.90 Å². The van der Waals surface area contributed by atoms with Crippen molar-refractivity contribution in [3.8, 4) is 0 Å². The highest BCUT2D eigenvalue weighted by Crippen LogP contribution is 2.15. The monoisotopic (exact) mass is 228 g/mol. The van der Waals surface area contributed by atoms with Gasteiger partial charge in [-0.05, 0) is 38.6 Å². The predicted octanol–water partition coefficient (Wildman–Crippen LogP) is 3.10. The molecule has 0 fully saturated rings. The van der Waals surface area contributed by atoms with E-state index >= 15 is 0 Å². The Morgan fingerprint density at radius 3 is 2.50 bits per heavy atom. The Morgan fingerprint density at radius 1 is 1.56 bits per heavy atom. The zero-order valence-electron chi connectivity index (χ0n) is 10.3. The van der Waals surface area contributed by atoms with Gasteiger partial charge in [-0.3, -0.25) is 0 Å². The van der Waals surface area contributed by atoms with E-state index in [1.54, 1.807) is 0 Å². The fourth-order valence-electron chi connectivity index (χ4n) is 1.33. The van der Waals surface area contributed by atoms with Gasteiger partial charge in [-0.1, -0.05) is 12.0 Å². The van der Waals surface area contributed by atoms with Crippen LogP contribution in [0.4, 0.5) is 4.79 Å². The van der Waals surface area contributed by atoms with Gasteiger partial charge in [-0.25, -0.2) is 4.79 Å². The fraction of sp³-hybridized carbons (Fsp3) is 0.900. The third-order valence-corrected chi connectivity index (χ3v) is 2.34. The molecule has 16 heavy (non-hydrogen) atoms. The minimum absolute atomic E-state index is 0.195. The van der Waals surface area contributed by atoms with Gasteiger partial charge in [-0.15, -0.1) is 0 Å². The molecule has 6 heteroatoms. The lowest BCUT2D eigenvalue weighted by molar-refractivity contribution is 0.0968. The van der Waals surface area contributed by atoms with Crippen LogP contribution in [0.25, 0.3) is 10.4 Å². The number of hydrogen-bond donors (Lipinski definition) is 1. The van der Waals surface area contributed by atoms with Crippen LogP contribution in [0.2, 0.25) is 0 Å². The van der Waals surface area contributed by atoms with Gasteiger partial charge >= 0.3 is 6.09 Å². The highest BCUT2D eigenvalue weighted by molar-refractivity contribution is 5.65. The molecule has 0 aliphatic rings. The number of carbonyl (C=O) groups is 1. The molecule has 0 aromatic heterocycles. The summed E-state index contributed by atoms with van der Waals surface area (Å²) in [6.45, 7) is 8.39. The molecule has 0 radical (unpaired) electrons. The van der Waals surface area contributed by atoms with E-state index in [-0.39, 0.29) is 5.92 Å². The first-order valence-corrected chi connectivity index (χ1v) is 5.30. The maximum absolute atomic E-state index is 11.0. The molecule has 1 unspecified atom stereocenters. The van der Waals surface area contributed by atoms with Gasteiger partial charge in [0.25, 0.3) is 0 Å². The number of nitrogens with zero attached hydrogens (tertiary/aromatic N) is 4. The minimum Gasteiger partial charge on any atom is -0.465 e. The zero-order valence-corrected chi connectivity index (χ0v) is 10.3. The zero-order chi connectivity index (χ0) is 12.8. The second kappa shape index (κ2) is 6.23. The van der Waals surface area contributed by atoms with Gasteiger partial charge in [0.15, 0.2) is 0 Å². The molecular weight excluding hydrogens is 208 g/mol. The van der Waals surface area contributed by atoms with Crippen molar-refractivity contribution in [1.82, 2.24) is 4.90 Å². The van der Waals surface area contributed by atoms with E-state index in [1.807, 2.05) is 27.7 Å². The van der Waals surface area contributed by atoms with Crippen LogP contribution in [0.5, 0.6) is 0 Å². The summed E-state index contributed by atoms with van der Waals surface area (Å²) < 4.78 is 0. The predicted molar refractivity (Wildman–Crippen MR) is 62.3 cm³/mol. The molecule has 0 saturated carbocycles. The first-order chi connectivity index (χ1) is 7.29. The molecule has 92 valence electrons. The smallest absolute Gasteiger partial charge is 0.407 e. The van der Waals surface area contributed by atoms with Crippen LogP contribution in [0.15, 0.2) is 5.11 Å². The molecular formula is C10H20N4O2. The molecule has 0 bridgehead atoms. The Morgan fingerprint density at radius 2 is 2.12 bits per heavy atom. The largest absolute Gasteiger partial charge is 0.465 e. The summed E-state index contributed by atoms with van der Waals surface area (Å²) in [5.41, 5.74) is 7.77. The minimum atomic E-state index is -0.913. The summed E-state index contributed by atoms with van der Waals surface area (Å²) in [6, 6.07) is 0. The number of amides is 1. The fourth-order valence-corrected chi connectivity index (χ4v) is 1.33. The van der Waals surface area contributed by atoms with E-state index in [1.165, 1.54) is 4.90 Å². The van der Waals surface area contributed by atoms with Crippen LogP contribution in [0.1, 0.15) is 34.1 Å². The highest BCUT2D eigenvalue weighted by atomic mass is 16.4. The second-order valence-corrected chi connectivity index (χ2v) is 4.91. The lowest BCUT2D eigenvalue weighted by Crippen LogP contribution is -2.45. The van der Waals surface area contributed by atoms with Crippen LogP contribution in [0, 0.1) is 5.92 Å². The first kappa shape index (κ1) is 14.6. The van der Waals surface area contributed by atoms with Crippen LogP contribution in [-0.4, -0.2) is 34.7 Å². The van der Waals surface area contributed by atoms with E-state index in [4.69, 9.17) is 10.6 Å². The van der Waals surface area contributed by atoms with E-state index < -0.39 is 11.6 Å². The molecule has 0 aliphatic heterocycles. The maximum Gasteiger partial charge on any atom is 0.407 e. The van der Waals surface area contributed by atoms with E-state index in [9.17, 15) is 4.79 Å². The van der Waals surface area contributed by atoms with Gasteiger partial charge in [0, 0.05) is 23.5 Å². The summed E-state index contributed by atoms with van der Waals surface area (Å²) in [7, 11) is 0. The summed E-state index contributed by atoms with van der Waals surface area (Å²) in [4.78, 5) is 15.1. The average Bonchev–Trinajstić information content (AvgIpc) is 2.12. The summed E-state index contributed by atoms with van der Waals surface area (Å²) in [5, 5.41) is 12.5. The third-order valence-electron chi connectivity index (χ3n) is 2.34. The topological polar surface area (TPSA) is 89.3 Å². The van der Waals surface area contributed by atoms with Crippen molar-refractivity contribution in [2.45, 2.75) is 39.7 Å². The van der Waals surface area contributed by atoms with Gasteiger partial charge in [-0.2, -0.15) is 0 Å². The quantitative estimate of drug-likeness (QED) is 0.445. The Bertz CT molecular complexity index is 279. The van der Waals surface area contributed by atoms with Crippen molar-refractivity contribution in [1.29, 1.82) is 0 Å². The molecule has 6 nitrogen and oxygen atoms in total. The summed E-state index contributed by atoms with van der Waals surface area (Å²) in [6.07, 6.45) is -0.216. The summed E-state index contributed by atoms with van der Waals surface area (Å²) in [5.74, 6) is 0.195. The van der Waals surface area contributed by atoms with Crippen molar-refractivity contribution in [3.05, 3.63) is 10.4 Å². The summed E-state index contributed by atoms with van der Waals surface area (Å²) >= 11 is 0. The lowest BCUT2D eigenvalue weighted by atomic mass is 10.0.